The average molecular weight is 424 g/mol. The molecule has 5 rings (SSSR count). The highest BCUT2D eigenvalue weighted by atomic mass is 32.2. The van der Waals surface area contributed by atoms with Crippen molar-refractivity contribution in [1.82, 2.24) is 0 Å². The number of halogens is 3. The third-order valence-electron chi connectivity index (χ3n) is 7.50. The van der Waals surface area contributed by atoms with Crippen molar-refractivity contribution in [2.45, 2.75) is 75.8 Å². The van der Waals surface area contributed by atoms with Crippen LogP contribution >= 0.6 is 0 Å². The van der Waals surface area contributed by atoms with Crippen LogP contribution in [0.25, 0.3) is 0 Å². The van der Waals surface area contributed by atoms with Gasteiger partial charge in [-0.1, -0.05) is 0 Å². The van der Waals surface area contributed by atoms with Crippen LogP contribution in [0.5, 0.6) is 0 Å². The summed E-state index contributed by atoms with van der Waals surface area (Å²) in [5, 5.41) is 0. The van der Waals surface area contributed by atoms with Gasteiger partial charge in [0.15, 0.2) is 0 Å². The van der Waals surface area contributed by atoms with Gasteiger partial charge in [-0.2, -0.15) is 21.6 Å². The lowest BCUT2D eigenvalue weighted by Crippen LogP contribution is -2.35. The highest BCUT2D eigenvalue weighted by Gasteiger charge is 2.62. The predicted molar refractivity (Wildman–Crippen MR) is 93.4 cm³/mol. The lowest BCUT2D eigenvalue weighted by molar-refractivity contribution is -0.158. The maximum Gasteiger partial charge on any atom is 0.523 e. The van der Waals surface area contributed by atoms with E-state index in [1.807, 2.05) is 0 Å². The second kappa shape index (κ2) is 7.15. The third kappa shape index (κ3) is 3.68. The molecule has 2 unspecified atom stereocenters. The smallest absolute Gasteiger partial charge is 0.465 e. The fourth-order valence-electron chi connectivity index (χ4n) is 6.34. The molecule has 28 heavy (non-hydrogen) atoms. The fraction of sp³-hybridized carbons (Fsp3) is 0.947. The summed E-state index contributed by atoms with van der Waals surface area (Å²) in [6, 6.07) is 0. The molecule has 0 aromatic carbocycles. The normalized spacial score (nSPS) is 40.0. The van der Waals surface area contributed by atoms with E-state index >= 15 is 0 Å². The number of esters is 1. The highest BCUT2D eigenvalue weighted by molar-refractivity contribution is 7.87. The number of hydrogen-bond acceptors (Lipinski definition) is 5. The van der Waals surface area contributed by atoms with Gasteiger partial charge in [0.05, 0.1) is 18.1 Å². The van der Waals surface area contributed by atoms with Crippen molar-refractivity contribution in [3.63, 3.8) is 0 Å². The average Bonchev–Trinajstić information content (AvgIpc) is 3.00. The van der Waals surface area contributed by atoms with Crippen LogP contribution in [0.3, 0.4) is 0 Å². The van der Waals surface area contributed by atoms with Gasteiger partial charge < -0.3 is 4.74 Å². The minimum atomic E-state index is -5.53. The molecule has 0 heterocycles. The van der Waals surface area contributed by atoms with Crippen molar-refractivity contribution in [1.29, 1.82) is 0 Å². The molecule has 5 nitrogen and oxygen atoms in total. The van der Waals surface area contributed by atoms with Crippen molar-refractivity contribution in [2.75, 3.05) is 6.61 Å². The summed E-state index contributed by atoms with van der Waals surface area (Å²) in [5.74, 6) is 2.04. The largest absolute Gasteiger partial charge is 0.523 e. The van der Waals surface area contributed by atoms with E-state index in [4.69, 9.17) is 4.74 Å². The zero-order chi connectivity index (χ0) is 20.2. The Bertz CT molecular complexity index is 698. The van der Waals surface area contributed by atoms with Crippen molar-refractivity contribution in [2.24, 2.45) is 29.1 Å². The molecule has 5 saturated carbocycles. The number of alkyl halides is 3. The molecule has 4 bridgehead atoms. The first kappa shape index (κ1) is 20.4. The molecule has 0 amide bonds. The van der Waals surface area contributed by atoms with E-state index in [1.54, 1.807) is 0 Å². The summed E-state index contributed by atoms with van der Waals surface area (Å²) >= 11 is 0. The van der Waals surface area contributed by atoms with Gasteiger partial charge >= 0.3 is 21.6 Å². The summed E-state index contributed by atoms with van der Waals surface area (Å²) in [6.07, 6.45) is 6.97. The first-order valence-electron chi connectivity index (χ1n) is 10.3. The Morgan fingerprint density at radius 3 is 2.18 bits per heavy atom. The van der Waals surface area contributed by atoms with Gasteiger partial charge in [0.25, 0.3) is 0 Å². The maximum absolute atomic E-state index is 12.7. The Labute approximate surface area is 163 Å². The Morgan fingerprint density at radius 1 is 1.00 bits per heavy atom. The minimum Gasteiger partial charge on any atom is -0.465 e. The number of hydrogen-bond donors (Lipinski definition) is 0. The lowest BCUT2D eigenvalue weighted by atomic mass is 9.75. The molecule has 0 aromatic heterocycles. The second-order valence-electron chi connectivity index (χ2n) is 9.26. The van der Waals surface area contributed by atoms with Crippen LogP contribution in [0.15, 0.2) is 0 Å². The first-order valence-corrected chi connectivity index (χ1v) is 11.7. The molecule has 0 aromatic rings. The fourth-order valence-corrected chi connectivity index (χ4v) is 7.00. The van der Waals surface area contributed by atoms with Gasteiger partial charge in [-0.05, 0) is 87.9 Å². The van der Waals surface area contributed by atoms with Gasteiger partial charge in [-0.3, -0.25) is 8.98 Å². The van der Waals surface area contributed by atoms with Crippen molar-refractivity contribution in [3.8, 4) is 0 Å². The SMILES string of the molecule is O=C(OCCC1CCC(OS(=O)(=O)C(F)(F)F)CC1)C12CC3CC(CC1C3)C2. The molecule has 0 N–H and O–H groups in total. The van der Waals surface area contributed by atoms with Crippen LogP contribution in [0.4, 0.5) is 13.2 Å². The van der Waals surface area contributed by atoms with Crippen molar-refractivity contribution in [3.05, 3.63) is 0 Å². The molecule has 5 fully saturated rings. The van der Waals surface area contributed by atoms with Crippen LogP contribution in [0.2, 0.25) is 0 Å². The van der Waals surface area contributed by atoms with E-state index in [1.165, 1.54) is 6.42 Å². The molecular formula is C19H27F3O5S. The summed E-state index contributed by atoms with van der Waals surface area (Å²) < 4.78 is 69.3. The second-order valence-corrected chi connectivity index (χ2v) is 10.8. The summed E-state index contributed by atoms with van der Waals surface area (Å²) in [7, 11) is -5.53. The molecule has 0 aliphatic heterocycles. The Morgan fingerprint density at radius 2 is 1.61 bits per heavy atom. The number of carbonyl (C=O) groups excluding carboxylic acids is 1. The Balaban J connectivity index is 1.19. The van der Waals surface area contributed by atoms with Gasteiger partial charge in [0.2, 0.25) is 0 Å². The molecule has 0 radical (unpaired) electrons. The van der Waals surface area contributed by atoms with Crippen LogP contribution in [-0.4, -0.2) is 32.6 Å². The summed E-state index contributed by atoms with van der Waals surface area (Å²) in [4.78, 5) is 12.7. The Hall–Kier alpha value is -0.830. The third-order valence-corrected chi connectivity index (χ3v) is 8.59. The molecule has 5 aliphatic carbocycles. The lowest BCUT2D eigenvalue weighted by Gasteiger charge is -2.31. The van der Waals surface area contributed by atoms with Gasteiger partial charge in [-0.15, -0.1) is 0 Å². The van der Waals surface area contributed by atoms with E-state index < -0.39 is 21.7 Å². The van der Waals surface area contributed by atoms with E-state index in [0.29, 0.717) is 43.6 Å². The predicted octanol–water partition coefficient (Wildman–Crippen LogP) is 4.17. The molecular weight excluding hydrogens is 397 g/mol. The molecule has 5 aliphatic rings. The quantitative estimate of drug-likeness (QED) is 0.364. The van der Waals surface area contributed by atoms with Crippen LogP contribution in [0, 0.1) is 29.1 Å². The number of carbonyl (C=O) groups is 1. The molecule has 9 heteroatoms. The van der Waals surface area contributed by atoms with Crippen molar-refractivity contribution < 1.29 is 35.3 Å². The molecule has 2 atom stereocenters. The molecule has 0 saturated heterocycles. The molecule has 0 spiro atoms. The highest BCUT2D eigenvalue weighted by Crippen LogP contribution is 2.65. The molecule has 160 valence electrons. The number of rotatable bonds is 6. The monoisotopic (exact) mass is 424 g/mol. The van der Waals surface area contributed by atoms with E-state index in [-0.39, 0.29) is 30.1 Å². The topological polar surface area (TPSA) is 69.7 Å². The number of ether oxygens (including phenoxy) is 1. The van der Waals surface area contributed by atoms with E-state index in [2.05, 4.69) is 4.18 Å². The minimum absolute atomic E-state index is 0.0458. The van der Waals surface area contributed by atoms with Crippen LogP contribution in [0.1, 0.15) is 64.2 Å². The summed E-state index contributed by atoms with van der Waals surface area (Å²) in [6.45, 7) is 0.333. The maximum atomic E-state index is 12.7. The van der Waals surface area contributed by atoms with Crippen molar-refractivity contribution >= 4 is 16.1 Å². The van der Waals surface area contributed by atoms with E-state index in [9.17, 15) is 26.4 Å². The summed E-state index contributed by atoms with van der Waals surface area (Å²) in [5.41, 5.74) is -5.62. The zero-order valence-corrected chi connectivity index (χ0v) is 16.6. The van der Waals surface area contributed by atoms with Gasteiger partial charge in [-0.25, -0.2) is 0 Å². The van der Waals surface area contributed by atoms with Gasteiger partial charge in [0, 0.05) is 0 Å². The van der Waals surface area contributed by atoms with Crippen LogP contribution in [-0.2, 0) is 23.8 Å². The zero-order valence-electron chi connectivity index (χ0n) is 15.7. The van der Waals surface area contributed by atoms with Gasteiger partial charge in [0.1, 0.15) is 0 Å². The van der Waals surface area contributed by atoms with Crippen LogP contribution < -0.4 is 0 Å². The Kier molecular flexibility index (Phi) is 5.22. The standard InChI is InChI=1S/C19H27F3O5S/c20-19(21,22)28(24,25)27-16-3-1-12(2-4-16)5-6-26-17(23)18-10-13-7-14(11-18)9-15(18)8-13/h12-16H,1-11H2. The first-order chi connectivity index (χ1) is 13.1. The van der Waals surface area contributed by atoms with E-state index in [0.717, 1.165) is 25.7 Å².